The Kier molecular flexibility index (Phi) is 4.45. The molecule has 1 rings (SSSR count). The van der Waals surface area contributed by atoms with Crippen LogP contribution in [0.2, 0.25) is 0 Å². The van der Waals surface area contributed by atoms with E-state index in [9.17, 15) is 8.42 Å². The van der Waals surface area contributed by atoms with E-state index in [2.05, 4.69) is 11.9 Å². The average Bonchev–Trinajstić information content (AvgIpc) is 2.89. The minimum absolute atomic E-state index is 0.0803. The van der Waals surface area contributed by atoms with Gasteiger partial charge in [0, 0.05) is 0 Å². The van der Waals surface area contributed by atoms with Crippen LogP contribution in [0.3, 0.4) is 0 Å². The van der Waals surface area contributed by atoms with E-state index >= 15 is 0 Å². The van der Waals surface area contributed by atoms with Gasteiger partial charge < -0.3 is 10.5 Å². The Morgan fingerprint density at radius 2 is 2.31 bits per heavy atom. The molecule has 1 fully saturated rings. The average molecular weight is 250 g/mol. The van der Waals surface area contributed by atoms with Crippen LogP contribution in [0.25, 0.3) is 0 Å². The maximum absolute atomic E-state index is 10.4. The van der Waals surface area contributed by atoms with Crippen molar-refractivity contribution < 1.29 is 17.7 Å². The molecule has 0 aromatic heterocycles. The van der Waals surface area contributed by atoms with E-state index in [1.807, 2.05) is 6.92 Å². The molecule has 0 aliphatic carbocycles. The zero-order chi connectivity index (χ0) is 12.3. The maximum Gasteiger partial charge on any atom is 0.264 e. The smallest absolute Gasteiger partial charge is 0.264 e. The Morgan fingerprint density at radius 3 is 2.81 bits per heavy atom. The number of ether oxygens (including phenoxy) is 1. The van der Waals surface area contributed by atoms with E-state index in [0.29, 0.717) is 13.0 Å². The van der Waals surface area contributed by atoms with Gasteiger partial charge >= 0.3 is 0 Å². The molecule has 16 heavy (non-hydrogen) atoms. The monoisotopic (exact) mass is 250 g/mol. The van der Waals surface area contributed by atoms with Gasteiger partial charge in [-0.3, -0.25) is 9.87 Å². The lowest BCUT2D eigenvalue weighted by Crippen LogP contribution is -2.33. The van der Waals surface area contributed by atoms with Crippen molar-refractivity contribution in [2.75, 3.05) is 12.3 Å². The molecular weight excluding hydrogens is 232 g/mol. The van der Waals surface area contributed by atoms with E-state index in [4.69, 9.17) is 15.0 Å². The van der Waals surface area contributed by atoms with Gasteiger partial charge in [-0.25, -0.2) is 0 Å². The molecule has 1 saturated heterocycles. The topological polar surface area (TPSA) is 105 Å². The van der Waals surface area contributed by atoms with Crippen LogP contribution >= 0.6 is 0 Å². The van der Waals surface area contributed by atoms with E-state index in [0.717, 1.165) is 5.57 Å². The molecule has 2 unspecified atom stereocenters. The Morgan fingerprint density at radius 1 is 1.69 bits per heavy atom. The number of epoxide rings is 1. The first-order valence-electron chi connectivity index (χ1n) is 5.06. The Balaban J connectivity index is 2.12. The second-order valence-electron chi connectivity index (χ2n) is 3.99. The maximum atomic E-state index is 10.4. The molecule has 0 amide bonds. The van der Waals surface area contributed by atoms with Crippen molar-refractivity contribution in [3.8, 4) is 0 Å². The summed E-state index contributed by atoms with van der Waals surface area (Å²) in [5.41, 5.74) is 6.64. The third-order valence-corrected chi connectivity index (χ3v) is 3.18. The number of hydrogen-bond acceptors (Lipinski definition) is 5. The van der Waals surface area contributed by atoms with Crippen LogP contribution in [0.5, 0.6) is 0 Å². The summed E-state index contributed by atoms with van der Waals surface area (Å²) in [6.45, 7) is 6.03. The molecule has 1 aliphatic heterocycles. The lowest BCUT2D eigenvalue weighted by Gasteiger charge is -2.07. The van der Waals surface area contributed by atoms with Crippen molar-refractivity contribution in [3.05, 3.63) is 12.2 Å². The molecule has 0 saturated carbocycles. The number of rotatable bonds is 7. The van der Waals surface area contributed by atoms with Gasteiger partial charge in [0.1, 0.15) is 12.3 Å². The molecule has 0 aromatic carbocycles. The molecule has 4 N–H and O–H groups in total. The van der Waals surface area contributed by atoms with Crippen LogP contribution in [0.4, 0.5) is 0 Å². The minimum atomic E-state index is -3.86. The summed E-state index contributed by atoms with van der Waals surface area (Å²) in [6, 6.07) is -0.195. The predicted molar refractivity (Wildman–Crippen MR) is 60.5 cm³/mol. The van der Waals surface area contributed by atoms with E-state index in [1.165, 1.54) is 0 Å². The second kappa shape index (κ2) is 5.24. The molecule has 1 heterocycles. The fourth-order valence-electron chi connectivity index (χ4n) is 1.34. The van der Waals surface area contributed by atoms with Crippen molar-refractivity contribution >= 4 is 10.1 Å². The summed E-state index contributed by atoms with van der Waals surface area (Å²) >= 11 is 0. The van der Waals surface area contributed by atoms with E-state index in [-0.39, 0.29) is 24.1 Å². The normalized spacial score (nSPS) is 26.4. The molecule has 94 valence electrons. The van der Waals surface area contributed by atoms with Crippen molar-refractivity contribution in [1.29, 1.82) is 0 Å². The van der Waals surface area contributed by atoms with Crippen molar-refractivity contribution in [3.63, 3.8) is 0 Å². The van der Waals surface area contributed by atoms with Gasteiger partial charge in [-0.1, -0.05) is 12.2 Å². The molecule has 0 spiro atoms. The summed E-state index contributed by atoms with van der Waals surface area (Å²) < 4.78 is 34.6. The molecule has 3 atom stereocenters. The SMILES string of the molecule is C=C(C)[C@H](N)C1OC1NCCCS(=O)(=O)O. The zero-order valence-corrected chi connectivity index (χ0v) is 10.0. The van der Waals surface area contributed by atoms with Crippen LogP contribution in [0.1, 0.15) is 13.3 Å². The highest BCUT2D eigenvalue weighted by atomic mass is 32.2. The molecule has 0 aromatic rings. The number of nitrogens with one attached hydrogen (secondary N) is 1. The lowest BCUT2D eigenvalue weighted by atomic mass is 10.1. The first-order valence-corrected chi connectivity index (χ1v) is 6.67. The van der Waals surface area contributed by atoms with Gasteiger partial charge in [0.2, 0.25) is 0 Å². The first-order chi connectivity index (χ1) is 7.31. The second-order valence-corrected chi connectivity index (χ2v) is 5.56. The van der Waals surface area contributed by atoms with Crippen molar-refractivity contribution in [2.24, 2.45) is 5.73 Å². The third-order valence-electron chi connectivity index (χ3n) is 2.37. The molecule has 1 aliphatic rings. The highest BCUT2D eigenvalue weighted by molar-refractivity contribution is 7.85. The van der Waals surface area contributed by atoms with Crippen LogP contribution < -0.4 is 11.1 Å². The van der Waals surface area contributed by atoms with Gasteiger partial charge in [-0.2, -0.15) is 8.42 Å². The Labute approximate surface area is 95.6 Å². The molecule has 7 heteroatoms. The minimum Gasteiger partial charge on any atom is -0.351 e. The fraction of sp³-hybridized carbons (Fsp3) is 0.778. The third kappa shape index (κ3) is 4.58. The lowest BCUT2D eigenvalue weighted by molar-refractivity contribution is 0.336. The van der Waals surface area contributed by atoms with Crippen molar-refractivity contribution in [1.82, 2.24) is 5.32 Å². The standard InChI is InChI=1S/C9H18N2O4S/c1-6(2)7(10)8-9(15-8)11-4-3-5-16(12,13)14/h7-9,11H,1,3-5,10H2,2H3,(H,12,13,14)/t7-,8?,9?/m0/s1. The zero-order valence-electron chi connectivity index (χ0n) is 9.22. The quantitative estimate of drug-likeness (QED) is 0.243. The molecule has 0 bridgehead atoms. The first kappa shape index (κ1) is 13.6. The van der Waals surface area contributed by atoms with Crippen LogP contribution in [-0.2, 0) is 14.9 Å². The number of nitrogens with two attached hydrogens (primary N) is 1. The fourth-order valence-corrected chi connectivity index (χ4v) is 1.85. The van der Waals surface area contributed by atoms with Crippen molar-refractivity contribution in [2.45, 2.75) is 31.7 Å². The highest BCUT2D eigenvalue weighted by Gasteiger charge is 2.43. The highest BCUT2D eigenvalue weighted by Crippen LogP contribution is 2.24. The van der Waals surface area contributed by atoms with Gasteiger partial charge in [0.25, 0.3) is 10.1 Å². The molecule has 6 nitrogen and oxygen atoms in total. The summed E-state index contributed by atoms with van der Waals surface area (Å²) in [6.07, 6.45) is 0.129. The van der Waals surface area contributed by atoms with E-state index < -0.39 is 10.1 Å². The van der Waals surface area contributed by atoms with Crippen LogP contribution in [0.15, 0.2) is 12.2 Å². The van der Waals surface area contributed by atoms with Gasteiger partial charge in [0.15, 0.2) is 0 Å². The Hall–Kier alpha value is -0.470. The Bertz CT molecular complexity index is 355. The van der Waals surface area contributed by atoms with Crippen LogP contribution in [0, 0.1) is 0 Å². The summed E-state index contributed by atoms with van der Waals surface area (Å²) in [7, 11) is -3.86. The number of hydrogen-bond donors (Lipinski definition) is 3. The molecule has 0 radical (unpaired) electrons. The van der Waals surface area contributed by atoms with Gasteiger partial charge in [-0.05, 0) is 19.9 Å². The summed E-state index contributed by atoms with van der Waals surface area (Å²) in [5, 5.41) is 3.00. The molecular formula is C9H18N2O4S. The summed E-state index contributed by atoms with van der Waals surface area (Å²) in [4.78, 5) is 0. The predicted octanol–water partition coefficient (Wildman–Crippen LogP) is -0.518. The largest absolute Gasteiger partial charge is 0.351 e. The summed E-state index contributed by atoms with van der Waals surface area (Å²) in [5.74, 6) is -0.246. The van der Waals surface area contributed by atoms with E-state index in [1.54, 1.807) is 0 Å². The van der Waals surface area contributed by atoms with Crippen LogP contribution in [-0.4, -0.2) is 43.6 Å². The van der Waals surface area contributed by atoms with Gasteiger partial charge in [-0.15, -0.1) is 0 Å². The van der Waals surface area contributed by atoms with Gasteiger partial charge in [0.05, 0.1) is 11.8 Å².